The number of rotatable bonds is 6. The van der Waals surface area contributed by atoms with Gasteiger partial charge in [0, 0.05) is 24.7 Å². The zero-order valence-electron chi connectivity index (χ0n) is 13.3. The second-order valence-electron chi connectivity index (χ2n) is 5.32. The summed E-state index contributed by atoms with van der Waals surface area (Å²) in [5.41, 5.74) is 0.288. The lowest BCUT2D eigenvalue weighted by atomic mass is 10.1. The van der Waals surface area contributed by atoms with Crippen LogP contribution >= 0.6 is 0 Å². The maximum Gasteiger partial charge on any atom is 0.358 e. The van der Waals surface area contributed by atoms with E-state index in [-0.39, 0.29) is 17.4 Å². The first kappa shape index (κ1) is 18.1. The molecule has 2 aromatic rings. The average Bonchev–Trinajstić information content (AvgIpc) is 2.85. The first-order valence-electron chi connectivity index (χ1n) is 7.15. The van der Waals surface area contributed by atoms with Crippen LogP contribution in [-0.2, 0) is 16.7 Å². The second kappa shape index (κ2) is 6.68. The Kier molecular flexibility index (Phi) is 5.02. The molecule has 9 heteroatoms. The van der Waals surface area contributed by atoms with Crippen LogP contribution in [0.4, 0.5) is 8.78 Å². The standard InChI is InChI=1S/C15H16F2N2O4S/c1-4-19-13(8-20)18-15(14(19)9(2)3)24(21,22)23-12-6-10(16)5-11(17)7-12/h5-9H,4H2,1-3H3. The van der Waals surface area contributed by atoms with Gasteiger partial charge in [-0.05, 0) is 12.8 Å². The number of hydrogen-bond donors (Lipinski definition) is 0. The molecule has 0 aliphatic carbocycles. The van der Waals surface area contributed by atoms with Gasteiger partial charge < -0.3 is 8.75 Å². The number of aromatic nitrogens is 2. The fraction of sp³-hybridized carbons (Fsp3) is 0.333. The van der Waals surface area contributed by atoms with E-state index < -0.39 is 32.5 Å². The van der Waals surface area contributed by atoms with E-state index in [1.165, 1.54) is 4.57 Å². The van der Waals surface area contributed by atoms with Crippen LogP contribution in [0.25, 0.3) is 0 Å². The van der Waals surface area contributed by atoms with E-state index in [2.05, 4.69) is 4.98 Å². The molecule has 0 N–H and O–H groups in total. The maximum atomic E-state index is 13.2. The molecule has 0 fully saturated rings. The van der Waals surface area contributed by atoms with Gasteiger partial charge in [0.1, 0.15) is 17.4 Å². The monoisotopic (exact) mass is 358 g/mol. The summed E-state index contributed by atoms with van der Waals surface area (Å²) in [6.07, 6.45) is 0.441. The molecule has 130 valence electrons. The Bertz CT molecular complexity index is 856. The second-order valence-corrected chi connectivity index (χ2v) is 6.78. The molecule has 0 bridgehead atoms. The minimum atomic E-state index is -4.47. The number of imidazole rings is 1. The Morgan fingerprint density at radius 3 is 2.29 bits per heavy atom. The van der Waals surface area contributed by atoms with E-state index >= 15 is 0 Å². The van der Waals surface area contributed by atoms with Crippen LogP contribution in [0.5, 0.6) is 5.75 Å². The van der Waals surface area contributed by atoms with Gasteiger partial charge in [-0.15, -0.1) is 0 Å². The number of carbonyl (C=O) groups excluding carboxylic acids is 1. The first-order chi connectivity index (χ1) is 11.2. The lowest BCUT2D eigenvalue weighted by molar-refractivity contribution is 0.111. The van der Waals surface area contributed by atoms with Gasteiger partial charge in [0.25, 0.3) is 0 Å². The van der Waals surface area contributed by atoms with Gasteiger partial charge >= 0.3 is 10.1 Å². The van der Waals surface area contributed by atoms with Crippen molar-refractivity contribution < 1.29 is 26.2 Å². The van der Waals surface area contributed by atoms with Gasteiger partial charge in [-0.2, -0.15) is 8.42 Å². The van der Waals surface area contributed by atoms with Crippen LogP contribution in [0.1, 0.15) is 43.0 Å². The number of halogens is 2. The number of carbonyl (C=O) groups is 1. The molecular weight excluding hydrogens is 342 g/mol. The minimum absolute atomic E-state index is 0.0613. The van der Waals surface area contributed by atoms with Crippen molar-refractivity contribution in [3.63, 3.8) is 0 Å². The summed E-state index contributed by atoms with van der Waals surface area (Å²) in [7, 11) is -4.47. The Balaban J connectivity index is 2.56. The van der Waals surface area contributed by atoms with E-state index in [0.29, 0.717) is 18.9 Å². The van der Waals surface area contributed by atoms with Crippen LogP contribution in [0.15, 0.2) is 23.2 Å². The summed E-state index contributed by atoms with van der Waals surface area (Å²) in [6, 6.07) is 2.08. The minimum Gasteiger partial charge on any atom is -0.378 e. The topological polar surface area (TPSA) is 78.3 Å². The third kappa shape index (κ3) is 3.45. The normalized spacial score (nSPS) is 11.8. The van der Waals surface area contributed by atoms with Gasteiger partial charge in [-0.3, -0.25) is 4.79 Å². The summed E-state index contributed by atoms with van der Waals surface area (Å²) < 4.78 is 57.7. The van der Waals surface area contributed by atoms with Crippen LogP contribution < -0.4 is 4.18 Å². The smallest absolute Gasteiger partial charge is 0.358 e. The van der Waals surface area contributed by atoms with Crippen molar-refractivity contribution in [2.75, 3.05) is 0 Å². The molecule has 0 atom stereocenters. The lowest BCUT2D eigenvalue weighted by Gasteiger charge is -2.12. The molecule has 1 aromatic carbocycles. The molecule has 24 heavy (non-hydrogen) atoms. The van der Waals surface area contributed by atoms with E-state index in [9.17, 15) is 22.0 Å². The number of benzene rings is 1. The van der Waals surface area contributed by atoms with Crippen LogP contribution in [0, 0.1) is 11.6 Å². The zero-order chi connectivity index (χ0) is 18.1. The highest BCUT2D eigenvalue weighted by molar-refractivity contribution is 7.87. The quantitative estimate of drug-likeness (QED) is 0.586. The molecule has 1 heterocycles. The van der Waals surface area contributed by atoms with Crippen molar-refractivity contribution in [1.29, 1.82) is 0 Å². The van der Waals surface area contributed by atoms with Crippen LogP contribution in [0.3, 0.4) is 0 Å². The summed E-state index contributed by atoms with van der Waals surface area (Å²) in [4.78, 5) is 15.0. The van der Waals surface area contributed by atoms with Gasteiger partial charge in [-0.1, -0.05) is 13.8 Å². The van der Waals surface area contributed by atoms with Crippen molar-refractivity contribution >= 4 is 16.4 Å². The van der Waals surface area contributed by atoms with Gasteiger partial charge in [0.15, 0.2) is 12.1 Å². The van der Waals surface area contributed by atoms with Gasteiger partial charge in [0.2, 0.25) is 5.03 Å². The highest BCUT2D eigenvalue weighted by Crippen LogP contribution is 2.28. The molecule has 0 unspecified atom stereocenters. The van der Waals surface area contributed by atoms with Gasteiger partial charge in [-0.25, -0.2) is 13.8 Å². The van der Waals surface area contributed by atoms with E-state index in [1.54, 1.807) is 20.8 Å². The summed E-state index contributed by atoms with van der Waals surface area (Å²) >= 11 is 0. The highest BCUT2D eigenvalue weighted by atomic mass is 32.2. The third-order valence-corrected chi connectivity index (χ3v) is 4.44. The zero-order valence-corrected chi connectivity index (χ0v) is 14.1. The Morgan fingerprint density at radius 2 is 1.83 bits per heavy atom. The molecule has 0 saturated carbocycles. The molecule has 2 rings (SSSR count). The predicted octanol–water partition coefficient (Wildman–Crippen LogP) is 2.88. The lowest BCUT2D eigenvalue weighted by Crippen LogP contribution is -2.15. The molecule has 6 nitrogen and oxygen atoms in total. The van der Waals surface area contributed by atoms with Crippen molar-refractivity contribution in [3.8, 4) is 5.75 Å². The molecule has 0 saturated heterocycles. The third-order valence-electron chi connectivity index (χ3n) is 3.25. The summed E-state index contributed by atoms with van der Waals surface area (Å²) in [5.74, 6) is -2.80. The first-order valence-corrected chi connectivity index (χ1v) is 8.56. The largest absolute Gasteiger partial charge is 0.378 e. The van der Waals surface area contributed by atoms with Gasteiger partial charge in [0.05, 0.1) is 5.69 Å². The van der Waals surface area contributed by atoms with E-state index in [0.717, 1.165) is 12.1 Å². The maximum absolute atomic E-state index is 13.2. The fourth-order valence-corrected chi connectivity index (χ4v) is 3.60. The Hall–Kier alpha value is -2.29. The molecule has 0 amide bonds. The SMILES string of the molecule is CCn1c(C=O)nc(S(=O)(=O)Oc2cc(F)cc(F)c2)c1C(C)C. The predicted molar refractivity (Wildman–Crippen MR) is 81.5 cm³/mol. The van der Waals surface area contributed by atoms with Crippen molar-refractivity contribution in [2.45, 2.75) is 38.3 Å². The van der Waals surface area contributed by atoms with Crippen LogP contribution in [-0.4, -0.2) is 24.3 Å². The number of aldehydes is 1. The number of nitrogens with zero attached hydrogens (tertiary/aromatic N) is 2. The average molecular weight is 358 g/mol. The van der Waals surface area contributed by atoms with Crippen LogP contribution in [0.2, 0.25) is 0 Å². The van der Waals surface area contributed by atoms with Crippen molar-refractivity contribution in [3.05, 3.63) is 41.4 Å². The number of hydrogen-bond acceptors (Lipinski definition) is 5. The molecule has 0 radical (unpaired) electrons. The van der Waals surface area contributed by atoms with E-state index in [1.807, 2.05) is 0 Å². The Labute approximate surface area is 138 Å². The highest BCUT2D eigenvalue weighted by Gasteiger charge is 2.30. The fourth-order valence-electron chi connectivity index (χ4n) is 2.37. The van der Waals surface area contributed by atoms with Crippen molar-refractivity contribution in [2.24, 2.45) is 0 Å². The summed E-state index contributed by atoms with van der Waals surface area (Å²) in [5, 5.41) is -0.439. The Morgan fingerprint density at radius 1 is 1.25 bits per heavy atom. The molecule has 0 spiro atoms. The van der Waals surface area contributed by atoms with Crippen molar-refractivity contribution in [1.82, 2.24) is 9.55 Å². The molecule has 1 aromatic heterocycles. The molecule has 0 aliphatic heterocycles. The molecular formula is C15H16F2N2O4S. The van der Waals surface area contributed by atoms with E-state index in [4.69, 9.17) is 4.18 Å². The summed E-state index contributed by atoms with van der Waals surface area (Å²) in [6.45, 7) is 5.54. The molecule has 0 aliphatic rings.